The van der Waals surface area contributed by atoms with Crippen LogP contribution in [0.4, 0.5) is 0 Å². The molecule has 1 atom stereocenters. The minimum absolute atomic E-state index is 0.0564. The molecule has 1 unspecified atom stereocenters. The fraction of sp³-hybridized carbons (Fsp3) is 0.714. The van der Waals surface area contributed by atoms with Crippen LogP contribution in [-0.4, -0.2) is 52.5 Å². The third-order valence-corrected chi connectivity index (χ3v) is 6.12. The molecule has 5 nitrogen and oxygen atoms in total. The number of likely N-dealkylation sites (tertiary alicyclic amines) is 2. The number of piperidine rings is 1. The van der Waals surface area contributed by atoms with Gasteiger partial charge < -0.3 is 9.47 Å². The molecule has 2 aliphatic rings. The number of aromatic nitrogens is 1. The lowest BCUT2D eigenvalue weighted by Crippen LogP contribution is -2.40. The lowest BCUT2D eigenvalue weighted by atomic mass is 10.0. The number of rotatable bonds is 5. The highest BCUT2D eigenvalue weighted by Crippen LogP contribution is 2.22. The van der Waals surface area contributed by atoms with Crippen LogP contribution in [0.15, 0.2) is 10.9 Å². The average Bonchev–Trinajstić information content (AvgIpc) is 3.11. The third-order valence-electron chi connectivity index (χ3n) is 6.12. The Morgan fingerprint density at radius 2 is 1.85 bits per heavy atom. The Balaban J connectivity index is 1.97. The van der Waals surface area contributed by atoms with Crippen molar-refractivity contribution in [1.29, 1.82) is 0 Å². The molecule has 1 aromatic heterocycles. The second-order valence-electron chi connectivity index (χ2n) is 7.71. The SMILES string of the molecule is CCc1c(C(=O)N2CCCCC2)c(=O)cc(C)n1CC1CCCN1CC. The predicted octanol–water partition coefficient (Wildman–Crippen LogP) is 2.83. The zero-order chi connectivity index (χ0) is 18.7. The Hall–Kier alpha value is -1.62. The molecule has 0 spiro atoms. The van der Waals surface area contributed by atoms with Gasteiger partial charge in [0.15, 0.2) is 5.43 Å². The van der Waals surface area contributed by atoms with Gasteiger partial charge >= 0.3 is 0 Å². The maximum atomic E-state index is 13.1. The first-order valence-electron chi connectivity index (χ1n) is 10.3. The Labute approximate surface area is 157 Å². The largest absolute Gasteiger partial charge is 0.346 e. The van der Waals surface area contributed by atoms with Gasteiger partial charge in [0.05, 0.1) is 0 Å². The first kappa shape index (κ1) is 19.2. The summed E-state index contributed by atoms with van der Waals surface area (Å²) in [5.74, 6) is -0.0564. The fourth-order valence-corrected chi connectivity index (χ4v) is 4.66. The van der Waals surface area contributed by atoms with Crippen LogP contribution in [0.1, 0.15) is 67.7 Å². The summed E-state index contributed by atoms with van der Waals surface area (Å²) in [5.41, 5.74) is 2.21. The van der Waals surface area contributed by atoms with E-state index in [1.807, 2.05) is 11.8 Å². The van der Waals surface area contributed by atoms with Crippen molar-refractivity contribution in [3.05, 3.63) is 33.2 Å². The van der Waals surface area contributed by atoms with Crippen LogP contribution >= 0.6 is 0 Å². The average molecular weight is 360 g/mol. The molecule has 26 heavy (non-hydrogen) atoms. The number of hydrogen-bond donors (Lipinski definition) is 0. The highest BCUT2D eigenvalue weighted by molar-refractivity contribution is 5.95. The highest BCUT2D eigenvalue weighted by atomic mass is 16.2. The molecule has 2 aliphatic heterocycles. The lowest BCUT2D eigenvalue weighted by molar-refractivity contribution is 0.0720. The number of likely N-dealkylation sites (N-methyl/N-ethyl adjacent to an activating group) is 1. The van der Waals surface area contributed by atoms with Gasteiger partial charge in [-0.25, -0.2) is 0 Å². The Morgan fingerprint density at radius 3 is 2.50 bits per heavy atom. The number of carbonyl (C=O) groups is 1. The van der Waals surface area contributed by atoms with Gasteiger partial charge in [0.2, 0.25) is 0 Å². The minimum atomic E-state index is -0.107. The van der Waals surface area contributed by atoms with Crippen LogP contribution in [0, 0.1) is 6.92 Å². The monoisotopic (exact) mass is 359 g/mol. The lowest BCUT2D eigenvalue weighted by Gasteiger charge is -2.30. The molecule has 144 valence electrons. The van der Waals surface area contributed by atoms with Gasteiger partial charge in [-0.3, -0.25) is 14.5 Å². The fourth-order valence-electron chi connectivity index (χ4n) is 4.66. The smallest absolute Gasteiger partial charge is 0.259 e. The number of carbonyl (C=O) groups excluding carboxylic acids is 1. The third kappa shape index (κ3) is 3.73. The molecular formula is C21H33N3O2. The quantitative estimate of drug-likeness (QED) is 0.812. The van der Waals surface area contributed by atoms with Gasteiger partial charge in [-0.05, 0) is 58.5 Å². The zero-order valence-electron chi connectivity index (χ0n) is 16.6. The van der Waals surface area contributed by atoms with E-state index in [4.69, 9.17) is 0 Å². The van der Waals surface area contributed by atoms with E-state index in [0.717, 1.165) is 57.0 Å². The molecular weight excluding hydrogens is 326 g/mol. The summed E-state index contributed by atoms with van der Waals surface area (Å²) in [4.78, 5) is 30.3. The van der Waals surface area contributed by atoms with Crippen LogP contribution in [0.2, 0.25) is 0 Å². The van der Waals surface area contributed by atoms with Gasteiger partial charge in [0, 0.05) is 43.1 Å². The van der Waals surface area contributed by atoms with Gasteiger partial charge in [0.1, 0.15) is 5.56 Å². The van der Waals surface area contributed by atoms with E-state index in [0.29, 0.717) is 18.0 Å². The minimum Gasteiger partial charge on any atom is -0.346 e. The van der Waals surface area contributed by atoms with E-state index < -0.39 is 0 Å². The molecule has 2 saturated heterocycles. The molecule has 0 radical (unpaired) electrons. The van der Waals surface area contributed by atoms with Gasteiger partial charge in [-0.15, -0.1) is 0 Å². The zero-order valence-corrected chi connectivity index (χ0v) is 16.6. The van der Waals surface area contributed by atoms with E-state index >= 15 is 0 Å². The van der Waals surface area contributed by atoms with Crippen LogP contribution < -0.4 is 5.43 Å². The number of nitrogens with zero attached hydrogens (tertiary/aromatic N) is 3. The molecule has 0 bridgehead atoms. The molecule has 2 fully saturated rings. The van der Waals surface area contributed by atoms with E-state index in [1.54, 1.807) is 6.07 Å². The maximum Gasteiger partial charge on any atom is 0.259 e. The second kappa shape index (κ2) is 8.38. The summed E-state index contributed by atoms with van der Waals surface area (Å²) in [7, 11) is 0. The standard InChI is InChI=1S/C21H33N3O2/c1-4-18-20(21(26)23-11-7-6-8-12-23)19(25)14-16(3)24(18)15-17-10-9-13-22(17)5-2/h14,17H,4-13,15H2,1-3H3. The number of amides is 1. The van der Waals surface area contributed by atoms with Crippen LogP contribution in [0.25, 0.3) is 0 Å². The van der Waals surface area contributed by atoms with Gasteiger partial charge in [0.25, 0.3) is 5.91 Å². The topological polar surface area (TPSA) is 45.6 Å². The molecule has 0 N–H and O–H groups in total. The maximum absolute atomic E-state index is 13.1. The van der Waals surface area contributed by atoms with Crippen molar-refractivity contribution < 1.29 is 4.79 Å². The highest BCUT2D eigenvalue weighted by Gasteiger charge is 2.28. The molecule has 0 saturated carbocycles. The van der Waals surface area contributed by atoms with Crippen LogP contribution in [0.3, 0.4) is 0 Å². The number of aryl methyl sites for hydroxylation is 1. The van der Waals surface area contributed by atoms with Gasteiger partial charge in [-0.2, -0.15) is 0 Å². The van der Waals surface area contributed by atoms with E-state index in [1.165, 1.54) is 19.3 Å². The Morgan fingerprint density at radius 1 is 1.12 bits per heavy atom. The molecule has 3 rings (SSSR count). The second-order valence-corrected chi connectivity index (χ2v) is 7.71. The van der Waals surface area contributed by atoms with Gasteiger partial charge in [-0.1, -0.05) is 13.8 Å². The van der Waals surface area contributed by atoms with Crippen LogP contribution in [0.5, 0.6) is 0 Å². The number of hydrogen-bond acceptors (Lipinski definition) is 3. The first-order chi connectivity index (χ1) is 12.6. The number of pyridine rings is 1. The van der Waals surface area contributed by atoms with Crippen molar-refractivity contribution in [1.82, 2.24) is 14.4 Å². The van der Waals surface area contributed by atoms with Crippen molar-refractivity contribution in [2.75, 3.05) is 26.2 Å². The summed E-state index contributed by atoms with van der Waals surface area (Å²) < 4.78 is 2.25. The first-order valence-corrected chi connectivity index (χ1v) is 10.3. The van der Waals surface area contributed by atoms with Crippen molar-refractivity contribution in [3.8, 4) is 0 Å². The van der Waals surface area contributed by atoms with Crippen molar-refractivity contribution in [2.24, 2.45) is 0 Å². The molecule has 3 heterocycles. The van der Waals surface area contributed by atoms with E-state index in [2.05, 4.69) is 23.3 Å². The molecule has 0 aromatic carbocycles. The van der Waals surface area contributed by atoms with Crippen LogP contribution in [-0.2, 0) is 13.0 Å². The molecule has 1 aromatic rings. The predicted molar refractivity (Wildman–Crippen MR) is 105 cm³/mol. The van der Waals surface area contributed by atoms with Crippen molar-refractivity contribution >= 4 is 5.91 Å². The van der Waals surface area contributed by atoms with Crippen molar-refractivity contribution in [2.45, 2.75) is 71.9 Å². The van der Waals surface area contributed by atoms with Crippen molar-refractivity contribution in [3.63, 3.8) is 0 Å². The summed E-state index contributed by atoms with van der Waals surface area (Å²) in [6.45, 7) is 10.9. The van der Waals surface area contributed by atoms with E-state index in [9.17, 15) is 9.59 Å². The summed E-state index contributed by atoms with van der Waals surface area (Å²) in [5, 5.41) is 0. The van der Waals surface area contributed by atoms with E-state index in [-0.39, 0.29) is 11.3 Å². The normalized spacial score (nSPS) is 21.3. The molecule has 5 heteroatoms. The Kier molecular flexibility index (Phi) is 6.17. The summed E-state index contributed by atoms with van der Waals surface area (Å²) in [6, 6.07) is 2.17. The summed E-state index contributed by atoms with van der Waals surface area (Å²) >= 11 is 0. The molecule has 0 aliphatic carbocycles. The summed E-state index contributed by atoms with van der Waals surface area (Å²) in [6.07, 6.45) is 6.40. The molecule has 1 amide bonds. The Bertz CT molecular complexity index is 704.